The normalized spacial score (nSPS) is 10.0. The van der Waals surface area contributed by atoms with Crippen LogP contribution in [0, 0.1) is 0 Å². The van der Waals surface area contributed by atoms with Crippen molar-refractivity contribution in [3.8, 4) is 17.2 Å². The second-order valence-electron chi connectivity index (χ2n) is 7.12. The SMILES string of the molecule is CCCCCCCCC(=O)O.COc1cc(CNC(=O)c2ccccc2O)ccc1O. The Bertz CT molecular complexity index is 821. The number of carboxylic acid groups (broad SMARTS) is 1. The molecule has 2 rings (SSSR count). The largest absolute Gasteiger partial charge is 0.507 e. The molecule has 0 aliphatic carbocycles. The number of ether oxygens (including phenoxy) is 1. The van der Waals surface area contributed by atoms with Crippen molar-refractivity contribution in [2.24, 2.45) is 0 Å². The summed E-state index contributed by atoms with van der Waals surface area (Å²) in [7, 11) is 1.46. The van der Waals surface area contributed by atoms with Gasteiger partial charge in [-0.15, -0.1) is 0 Å². The molecule has 4 N–H and O–H groups in total. The lowest BCUT2D eigenvalue weighted by atomic mass is 10.1. The molecule has 0 spiro atoms. The van der Waals surface area contributed by atoms with Crippen molar-refractivity contribution in [1.29, 1.82) is 0 Å². The summed E-state index contributed by atoms with van der Waals surface area (Å²) < 4.78 is 4.99. The number of para-hydroxylation sites is 1. The summed E-state index contributed by atoms with van der Waals surface area (Å²) in [5.41, 5.74) is 1.00. The number of aromatic hydroxyl groups is 2. The molecule has 0 saturated carbocycles. The minimum Gasteiger partial charge on any atom is -0.507 e. The Kier molecular flexibility index (Phi) is 12.3. The third-order valence-electron chi connectivity index (χ3n) is 4.59. The average molecular weight is 432 g/mol. The molecule has 7 nitrogen and oxygen atoms in total. The van der Waals surface area contributed by atoms with Crippen LogP contribution < -0.4 is 10.1 Å². The Labute approximate surface area is 183 Å². The number of phenols is 2. The fourth-order valence-electron chi connectivity index (χ4n) is 2.83. The summed E-state index contributed by atoms with van der Waals surface area (Å²) >= 11 is 0. The number of hydrogen-bond donors (Lipinski definition) is 4. The zero-order chi connectivity index (χ0) is 23.1. The molecule has 7 heteroatoms. The number of nitrogens with one attached hydrogen (secondary N) is 1. The number of rotatable bonds is 11. The minimum atomic E-state index is -0.666. The number of phenolic OH excluding ortho intramolecular Hbond substituents is 2. The van der Waals surface area contributed by atoms with E-state index in [1.807, 2.05) is 0 Å². The van der Waals surface area contributed by atoms with Gasteiger partial charge in [-0.25, -0.2) is 0 Å². The standard InChI is InChI=1S/C15H15NO4.C9H18O2/c1-20-14-8-10(6-7-13(14)18)9-16-15(19)11-4-2-3-5-12(11)17;1-2-3-4-5-6-7-8-9(10)11/h2-8,17-18H,9H2,1H3,(H,16,19);2-8H2,1H3,(H,10,11). The quantitative estimate of drug-likeness (QED) is 0.378. The monoisotopic (exact) mass is 431 g/mol. The molecule has 0 radical (unpaired) electrons. The van der Waals surface area contributed by atoms with Crippen molar-refractivity contribution in [2.75, 3.05) is 7.11 Å². The summed E-state index contributed by atoms with van der Waals surface area (Å²) in [5, 5.41) is 30.1. The van der Waals surface area contributed by atoms with Gasteiger partial charge in [0.1, 0.15) is 5.75 Å². The van der Waals surface area contributed by atoms with Crippen LogP contribution in [0.2, 0.25) is 0 Å². The van der Waals surface area contributed by atoms with Crippen LogP contribution >= 0.6 is 0 Å². The van der Waals surface area contributed by atoms with Crippen LogP contribution in [0.5, 0.6) is 17.2 Å². The third kappa shape index (κ3) is 10.4. The number of hydrogen-bond acceptors (Lipinski definition) is 5. The van der Waals surface area contributed by atoms with E-state index in [2.05, 4.69) is 12.2 Å². The maximum Gasteiger partial charge on any atom is 0.303 e. The molecule has 0 aliphatic rings. The zero-order valence-electron chi connectivity index (χ0n) is 18.3. The lowest BCUT2D eigenvalue weighted by Gasteiger charge is -2.09. The summed E-state index contributed by atoms with van der Waals surface area (Å²) in [4.78, 5) is 22.0. The molecule has 0 unspecified atom stereocenters. The van der Waals surface area contributed by atoms with E-state index in [0.717, 1.165) is 18.4 Å². The van der Waals surface area contributed by atoms with Gasteiger partial charge in [0.05, 0.1) is 12.7 Å². The van der Waals surface area contributed by atoms with Gasteiger partial charge < -0.3 is 25.4 Å². The average Bonchev–Trinajstić information content (AvgIpc) is 2.76. The smallest absolute Gasteiger partial charge is 0.303 e. The highest BCUT2D eigenvalue weighted by Crippen LogP contribution is 2.26. The molecule has 0 bridgehead atoms. The molecule has 2 aromatic rings. The van der Waals surface area contributed by atoms with E-state index >= 15 is 0 Å². The van der Waals surface area contributed by atoms with Crippen LogP contribution in [0.25, 0.3) is 0 Å². The molecule has 0 aromatic heterocycles. The zero-order valence-corrected chi connectivity index (χ0v) is 18.3. The number of carbonyl (C=O) groups excluding carboxylic acids is 1. The van der Waals surface area contributed by atoms with Crippen LogP contribution in [-0.2, 0) is 11.3 Å². The van der Waals surface area contributed by atoms with Crippen molar-refractivity contribution < 1.29 is 29.6 Å². The van der Waals surface area contributed by atoms with E-state index in [1.54, 1.807) is 30.3 Å². The summed E-state index contributed by atoms with van der Waals surface area (Å²) in [5.74, 6) is -0.702. The number of benzene rings is 2. The molecule has 0 fully saturated rings. The fourth-order valence-corrected chi connectivity index (χ4v) is 2.83. The summed E-state index contributed by atoms with van der Waals surface area (Å²) in [6.07, 6.45) is 7.25. The second kappa shape index (κ2) is 14.7. The molecule has 170 valence electrons. The molecule has 0 atom stereocenters. The van der Waals surface area contributed by atoms with Gasteiger partial charge in [0.25, 0.3) is 5.91 Å². The first-order valence-corrected chi connectivity index (χ1v) is 10.5. The summed E-state index contributed by atoms with van der Waals surface area (Å²) in [6, 6.07) is 11.2. The van der Waals surface area contributed by atoms with E-state index in [1.165, 1.54) is 44.9 Å². The number of unbranched alkanes of at least 4 members (excludes halogenated alkanes) is 5. The van der Waals surface area contributed by atoms with Crippen LogP contribution in [0.3, 0.4) is 0 Å². The molecular weight excluding hydrogens is 398 g/mol. The number of carboxylic acids is 1. The number of methoxy groups -OCH3 is 1. The highest BCUT2D eigenvalue weighted by atomic mass is 16.5. The lowest BCUT2D eigenvalue weighted by Crippen LogP contribution is -2.22. The molecule has 0 heterocycles. The van der Waals surface area contributed by atoms with Crippen LogP contribution in [0.4, 0.5) is 0 Å². The van der Waals surface area contributed by atoms with Gasteiger partial charge in [-0.1, -0.05) is 57.2 Å². The Balaban J connectivity index is 0.000000373. The van der Waals surface area contributed by atoms with Gasteiger partial charge in [0, 0.05) is 13.0 Å². The molecule has 1 amide bonds. The van der Waals surface area contributed by atoms with Crippen LogP contribution in [0.15, 0.2) is 42.5 Å². The number of aliphatic carboxylic acids is 1. The van der Waals surface area contributed by atoms with Crippen LogP contribution in [-0.4, -0.2) is 34.3 Å². The Morgan fingerprint density at radius 2 is 1.61 bits per heavy atom. The van der Waals surface area contributed by atoms with Crippen molar-refractivity contribution >= 4 is 11.9 Å². The highest BCUT2D eigenvalue weighted by Gasteiger charge is 2.10. The topological polar surface area (TPSA) is 116 Å². The fraction of sp³-hybridized carbons (Fsp3) is 0.417. The predicted octanol–water partition coefficient (Wildman–Crippen LogP) is 4.86. The van der Waals surface area contributed by atoms with E-state index in [0.29, 0.717) is 12.2 Å². The maximum absolute atomic E-state index is 11.9. The molecule has 0 aliphatic heterocycles. The van der Waals surface area contributed by atoms with Crippen LogP contribution in [0.1, 0.15) is 67.8 Å². The first kappa shape index (κ1) is 25.8. The Morgan fingerprint density at radius 1 is 0.935 bits per heavy atom. The molecule has 2 aromatic carbocycles. The van der Waals surface area contributed by atoms with Gasteiger partial charge >= 0.3 is 5.97 Å². The predicted molar refractivity (Wildman–Crippen MR) is 120 cm³/mol. The molecule has 31 heavy (non-hydrogen) atoms. The van der Waals surface area contributed by atoms with Gasteiger partial charge in [0.2, 0.25) is 0 Å². The lowest BCUT2D eigenvalue weighted by molar-refractivity contribution is -0.137. The van der Waals surface area contributed by atoms with Crippen molar-refractivity contribution in [3.05, 3.63) is 53.6 Å². The van der Waals surface area contributed by atoms with E-state index in [9.17, 15) is 19.8 Å². The number of amides is 1. The first-order chi connectivity index (χ1) is 14.9. The maximum atomic E-state index is 11.9. The van der Waals surface area contributed by atoms with E-state index in [4.69, 9.17) is 9.84 Å². The third-order valence-corrected chi connectivity index (χ3v) is 4.59. The Morgan fingerprint density at radius 3 is 2.26 bits per heavy atom. The molecular formula is C24H33NO6. The van der Waals surface area contributed by atoms with Gasteiger partial charge in [-0.05, 0) is 36.2 Å². The van der Waals surface area contributed by atoms with E-state index < -0.39 is 5.97 Å². The molecule has 0 saturated heterocycles. The Hall–Kier alpha value is -3.22. The van der Waals surface area contributed by atoms with Crippen molar-refractivity contribution in [3.63, 3.8) is 0 Å². The van der Waals surface area contributed by atoms with Gasteiger partial charge in [0.15, 0.2) is 11.5 Å². The van der Waals surface area contributed by atoms with Gasteiger partial charge in [-0.3, -0.25) is 9.59 Å². The van der Waals surface area contributed by atoms with Gasteiger partial charge in [-0.2, -0.15) is 0 Å². The highest BCUT2D eigenvalue weighted by molar-refractivity contribution is 5.96. The van der Waals surface area contributed by atoms with E-state index in [-0.39, 0.29) is 29.5 Å². The minimum absolute atomic E-state index is 0.0447. The first-order valence-electron chi connectivity index (χ1n) is 10.5. The number of carbonyl (C=O) groups is 2. The van der Waals surface area contributed by atoms with Crippen molar-refractivity contribution in [1.82, 2.24) is 5.32 Å². The summed E-state index contributed by atoms with van der Waals surface area (Å²) in [6.45, 7) is 2.45. The van der Waals surface area contributed by atoms with Crippen molar-refractivity contribution in [2.45, 2.75) is 58.4 Å². The second-order valence-corrected chi connectivity index (χ2v) is 7.12.